The Balaban J connectivity index is 2.44. The van der Waals surface area contributed by atoms with Crippen LogP contribution in [0.4, 0.5) is 0 Å². The molecule has 1 N–H and O–H groups in total. The molecule has 0 spiro atoms. The van der Waals surface area contributed by atoms with E-state index in [1.165, 1.54) is 43.2 Å². The van der Waals surface area contributed by atoms with Gasteiger partial charge in [0, 0.05) is 12.6 Å². The van der Waals surface area contributed by atoms with E-state index in [-0.39, 0.29) is 5.41 Å². The highest BCUT2D eigenvalue weighted by atomic mass is 14.9. The average Bonchev–Trinajstić information content (AvgIpc) is 2.42. The Labute approximate surface area is 126 Å². The SMILES string of the molecule is CCCCCC(CC)NCc1ccc(C(C)(C)C)cc1. The quantitative estimate of drug-likeness (QED) is 0.624. The minimum atomic E-state index is 0.248. The van der Waals surface area contributed by atoms with Gasteiger partial charge < -0.3 is 5.32 Å². The van der Waals surface area contributed by atoms with Gasteiger partial charge in [-0.25, -0.2) is 0 Å². The molecule has 0 saturated carbocycles. The van der Waals surface area contributed by atoms with Crippen LogP contribution in [-0.2, 0) is 12.0 Å². The molecule has 0 aliphatic carbocycles. The number of hydrogen-bond acceptors (Lipinski definition) is 1. The van der Waals surface area contributed by atoms with Crippen LogP contribution in [0, 0.1) is 0 Å². The molecule has 0 amide bonds. The Morgan fingerprint density at radius 1 is 1.00 bits per heavy atom. The van der Waals surface area contributed by atoms with Crippen LogP contribution >= 0.6 is 0 Å². The Bertz CT molecular complexity index is 358. The molecule has 1 atom stereocenters. The summed E-state index contributed by atoms with van der Waals surface area (Å²) in [6.07, 6.45) is 6.56. The summed E-state index contributed by atoms with van der Waals surface area (Å²) in [5.41, 5.74) is 3.06. The summed E-state index contributed by atoms with van der Waals surface area (Å²) in [5.74, 6) is 0. The molecule has 1 heteroatoms. The van der Waals surface area contributed by atoms with Crippen molar-refractivity contribution in [3.63, 3.8) is 0 Å². The highest BCUT2D eigenvalue weighted by Gasteiger charge is 2.13. The second-order valence-corrected chi connectivity index (χ2v) is 6.93. The van der Waals surface area contributed by atoms with Crippen LogP contribution in [-0.4, -0.2) is 6.04 Å². The summed E-state index contributed by atoms with van der Waals surface area (Å²) in [5, 5.41) is 3.70. The summed E-state index contributed by atoms with van der Waals surface area (Å²) in [4.78, 5) is 0. The van der Waals surface area contributed by atoms with E-state index in [4.69, 9.17) is 0 Å². The van der Waals surface area contributed by atoms with Crippen molar-refractivity contribution in [1.29, 1.82) is 0 Å². The van der Waals surface area contributed by atoms with Crippen LogP contribution in [0.3, 0.4) is 0 Å². The van der Waals surface area contributed by atoms with Gasteiger partial charge in [0.05, 0.1) is 0 Å². The van der Waals surface area contributed by atoms with Gasteiger partial charge in [-0.05, 0) is 29.4 Å². The molecule has 1 aromatic rings. The van der Waals surface area contributed by atoms with Crippen LogP contribution in [0.2, 0.25) is 0 Å². The first-order valence-corrected chi connectivity index (χ1v) is 8.30. The van der Waals surface area contributed by atoms with Crippen LogP contribution in [0.25, 0.3) is 0 Å². The summed E-state index contributed by atoms with van der Waals surface area (Å²) in [6, 6.07) is 9.76. The number of hydrogen-bond donors (Lipinski definition) is 1. The topological polar surface area (TPSA) is 12.0 Å². The van der Waals surface area contributed by atoms with Gasteiger partial charge in [-0.15, -0.1) is 0 Å². The summed E-state index contributed by atoms with van der Waals surface area (Å²) < 4.78 is 0. The van der Waals surface area contributed by atoms with E-state index in [0.29, 0.717) is 6.04 Å². The number of unbranched alkanes of at least 4 members (excludes halogenated alkanes) is 2. The van der Waals surface area contributed by atoms with Gasteiger partial charge in [0.1, 0.15) is 0 Å². The van der Waals surface area contributed by atoms with Crippen molar-refractivity contribution in [2.75, 3.05) is 0 Å². The lowest BCUT2D eigenvalue weighted by Crippen LogP contribution is -2.27. The molecular formula is C19H33N. The van der Waals surface area contributed by atoms with Crippen LogP contribution in [0.1, 0.15) is 77.8 Å². The third-order valence-corrected chi connectivity index (χ3v) is 4.06. The molecule has 0 heterocycles. The number of rotatable bonds is 8. The predicted octanol–water partition coefficient (Wildman–Crippen LogP) is 5.43. The van der Waals surface area contributed by atoms with Crippen molar-refractivity contribution in [3.8, 4) is 0 Å². The van der Waals surface area contributed by atoms with Crippen molar-refractivity contribution in [1.82, 2.24) is 5.32 Å². The van der Waals surface area contributed by atoms with Crippen molar-refractivity contribution in [3.05, 3.63) is 35.4 Å². The maximum Gasteiger partial charge on any atom is 0.0208 e. The van der Waals surface area contributed by atoms with Gasteiger partial charge in [-0.3, -0.25) is 0 Å². The molecule has 0 aromatic heterocycles. The van der Waals surface area contributed by atoms with Crippen LogP contribution < -0.4 is 5.32 Å². The highest BCUT2D eigenvalue weighted by Crippen LogP contribution is 2.22. The van der Waals surface area contributed by atoms with Gasteiger partial charge in [0.2, 0.25) is 0 Å². The summed E-state index contributed by atoms with van der Waals surface area (Å²) >= 11 is 0. The molecule has 0 saturated heterocycles. The molecule has 114 valence electrons. The number of nitrogens with one attached hydrogen (secondary N) is 1. The fraction of sp³-hybridized carbons (Fsp3) is 0.684. The molecule has 1 nitrogen and oxygen atoms in total. The van der Waals surface area contributed by atoms with Crippen molar-refractivity contribution in [2.45, 2.75) is 84.7 Å². The smallest absolute Gasteiger partial charge is 0.0208 e. The Hall–Kier alpha value is -0.820. The average molecular weight is 275 g/mol. The monoisotopic (exact) mass is 275 g/mol. The second-order valence-electron chi connectivity index (χ2n) is 6.93. The van der Waals surface area contributed by atoms with E-state index in [2.05, 4.69) is 64.2 Å². The van der Waals surface area contributed by atoms with Gasteiger partial charge in [0.15, 0.2) is 0 Å². The molecule has 20 heavy (non-hydrogen) atoms. The van der Waals surface area contributed by atoms with Gasteiger partial charge in [-0.2, -0.15) is 0 Å². The fourth-order valence-electron chi connectivity index (χ4n) is 2.48. The molecule has 1 unspecified atom stereocenters. The van der Waals surface area contributed by atoms with Gasteiger partial charge in [0.25, 0.3) is 0 Å². The maximum absolute atomic E-state index is 3.70. The lowest BCUT2D eigenvalue weighted by molar-refractivity contribution is 0.446. The lowest BCUT2D eigenvalue weighted by atomic mass is 9.87. The van der Waals surface area contributed by atoms with Gasteiger partial charge >= 0.3 is 0 Å². The molecule has 0 aliphatic heterocycles. The summed E-state index contributed by atoms with van der Waals surface area (Å²) in [7, 11) is 0. The second kappa shape index (κ2) is 8.46. The van der Waals surface area contributed by atoms with E-state index < -0.39 is 0 Å². The minimum absolute atomic E-state index is 0.248. The molecular weight excluding hydrogens is 242 g/mol. The fourth-order valence-corrected chi connectivity index (χ4v) is 2.48. The zero-order valence-corrected chi connectivity index (χ0v) is 14.1. The van der Waals surface area contributed by atoms with E-state index >= 15 is 0 Å². The van der Waals surface area contributed by atoms with Crippen molar-refractivity contribution >= 4 is 0 Å². The van der Waals surface area contributed by atoms with Crippen LogP contribution in [0.15, 0.2) is 24.3 Å². The first-order valence-electron chi connectivity index (χ1n) is 8.30. The third kappa shape index (κ3) is 6.09. The van der Waals surface area contributed by atoms with Crippen LogP contribution in [0.5, 0.6) is 0 Å². The third-order valence-electron chi connectivity index (χ3n) is 4.06. The summed E-state index contributed by atoms with van der Waals surface area (Å²) in [6.45, 7) is 12.3. The largest absolute Gasteiger partial charge is 0.310 e. The molecule has 1 aromatic carbocycles. The van der Waals surface area contributed by atoms with Gasteiger partial charge in [-0.1, -0.05) is 78.1 Å². The molecule has 1 rings (SSSR count). The number of benzene rings is 1. The van der Waals surface area contributed by atoms with E-state index in [9.17, 15) is 0 Å². The van der Waals surface area contributed by atoms with E-state index in [1.807, 2.05) is 0 Å². The van der Waals surface area contributed by atoms with E-state index in [0.717, 1.165) is 6.54 Å². The normalized spacial score (nSPS) is 13.4. The molecule has 0 radical (unpaired) electrons. The van der Waals surface area contributed by atoms with E-state index in [1.54, 1.807) is 0 Å². The Kier molecular flexibility index (Phi) is 7.29. The first kappa shape index (κ1) is 17.2. The zero-order valence-electron chi connectivity index (χ0n) is 14.1. The molecule has 0 fully saturated rings. The lowest BCUT2D eigenvalue weighted by Gasteiger charge is -2.20. The Morgan fingerprint density at radius 2 is 1.65 bits per heavy atom. The molecule has 0 bridgehead atoms. The first-order chi connectivity index (χ1) is 9.47. The Morgan fingerprint density at radius 3 is 2.15 bits per heavy atom. The molecule has 0 aliphatic rings. The maximum atomic E-state index is 3.70. The van der Waals surface area contributed by atoms with Crippen molar-refractivity contribution in [2.24, 2.45) is 0 Å². The van der Waals surface area contributed by atoms with Crippen molar-refractivity contribution < 1.29 is 0 Å². The highest BCUT2D eigenvalue weighted by molar-refractivity contribution is 5.27. The standard InChI is InChI=1S/C19H33N/c1-6-8-9-10-18(7-2)20-15-16-11-13-17(14-12-16)19(3,4)5/h11-14,18,20H,6-10,15H2,1-5H3. The minimum Gasteiger partial charge on any atom is -0.310 e. The zero-order chi connectivity index (χ0) is 15.0. The predicted molar refractivity (Wildman–Crippen MR) is 90.2 cm³/mol.